The van der Waals surface area contributed by atoms with Crippen LogP contribution in [0.3, 0.4) is 0 Å². The summed E-state index contributed by atoms with van der Waals surface area (Å²) in [5.74, 6) is 2.94. The van der Waals surface area contributed by atoms with Crippen LogP contribution >= 0.6 is 0 Å². The molecule has 1 aromatic heterocycles. The standard InChI is InChI=1S/C16H29N3O/c1-5-11-6-7-12(8-11)15-18-14(20-19-15)9-13(17)10-16(2,3)4/h11-13H,5-10,17H2,1-4H3. The fraction of sp³-hybridized carbons (Fsp3) is 0.875. The normalized spacial score (nSPS) is 25.1. The van der Waals surface area contributed by atoms with Gasteiger partial charge < -0.3 is 10.3 Å². The van der Waals surface area contributed by atoms with Gasteiger partial charge in [-0.1, -0.05) is 39.3 Å². The number of nitrogens with zero attached hydrogens (tertiary/aromatic N) is 2. The van der Waals surface area contributed by atoms with Crippen LogP contribution in [-0.4, -0.2) is 16.2 Å². The van der Waals surface area contributed by atoms with Gasteiger partial charge in [0.1, 0.15) is 0 Å². The number of hydrogen-bond acceptors (Lipinski definition) is 4. The van der Waals surface area contributed by atoms with Crippen LogP contribution < -0.4 is 5.73 Å². The van der Waals surface area contributed by atoms with E-state index in [2.05, 4.69) is 37.8 Å². The second-order valence-electron chi connectivity index (χ2n) is 7.56. The van der Waals surface area contributed by atoms with Crippen molar-refractivity contribution in [2.24, 2.45) is 17.1 Å². The molecule has 3 atom stereocenters. The van der Waals surface area contributed by atoms with E-state index >= 15 is 0 Å². The topological polar surface area (TPSA) is 64.9 Å². The molecule has 0 aliphatic heterocycles. The molecule has 20 heavy (non-hydrogen) atoms. The summed E-state index contributed by atoms with van der Waals surface area (Å²) in [7, 11) is 0. The number of hydrogen-bond donors (Lipinski definition) is 1. The first-order valence-corrected chi connectivity index (χ1v) is 7.95. The second kappa shape index (κ2) is 6.25. The zero-order valence-corrected chi connectivity index (χ0v) is 13.4. The van der Waals surface area contributed by atoms with E-state index in [0.29, 0.717) is 18.2 Å². The van der Waals surface area contributed by atoms with Gasteiger partial charge in [0.15, 0.2) is 5.82 Å². The fourth-order valence-corrected chi connectivity index (χ4v) is 3.28. The third kappa shape index (κ3) is 4.30. The van der Waals surface area contributed by atoms with Gasteiger partial charge in [-0.15, -0.1) is 0 Å². The molecule has 114 valence electrons. The average Bonchev–Trinajstić information content (AvgIpc) is 2.93. The van der Waals surface area contributed by atoms with Gasteiger partial charge in [0.2, 0.25) is 5.89 Å². The Labute approximate surface area is 122 Å². The lowest BCUT2D eigenvalue weighted by Gasteiger charge is -2.21. The zero-order chi connectivity index (χ0) is 14.8. The Hall–Kier alpha value is -0.900. The maximum atomic E-state index is 6.17. The molecular formula is C16H29N3O. The lowest BCUT2D eigenvalue weighted by atomic mass is 9.87. The van der Waals surface area contributed by atoms with Crippen LogP contribution in [0.4, 0.5) is 0 Å². The minimum atomic E-state index is 0.0928. The predicted molar refractivity (Wildman–Crippen MR) is 80.4 cm³/mol. The lowest BCUT2D eigenvalue weighted by molar-refractivity contribution is 0.312. The van der Waals surface area contributed by atoms with Crippen molar-refractivity contribution < 1.29 is 4.52 Å². The molecule has 3 unspecified atom stereocenters. The Morgan fingerprint density at radius 2 is 2.10 bits per heavy atom. The highest BCUT2D eigenvalue weighted by Crippen LogP contribution is 2.38. The summed E-state index contributed by atoms with van der Waals surface area (Å²) in [4.78, 5) is 4.57. The van der Waals surface area contributed by atoms with Crippen molar-refractivity contribution in [1.82, 2.24) is 10.1 Å². The summed E-state index contributed by atoms with van der Waals surface area (Å²) in [6, 6.07) is 0.0928. The van der Waals surface area contributed by atoms with Gasteiger partial charge >= 0.3 is 0 Å². The first-order chi connectivity index (χ1) is 9.37. The minimum Gasteiger partial charge on any atom is -0.339 e. The Balaban J connectivity index is 1.89. The molecule has 0 saturated heterocycles. The highest BCUT2D eigenvalue weighted by atomic mass is 16.5. The maximum absolute atomic E-state index is 6.17. The van der Waals surface area contributed by atoms with E-state index in [0.717, 1.165) is 18.2 Å². The van der Waals surface area contributed by atoms with Crippen LogP contribution in [0.15, 0.2) is 4.52 Å². The van der Waals surface area contributed by atoms with E-state index in [1.165, 1.54) is 25.7 Å². The van der Waals surface area contributed by atoms with Crippen LogP contribution in [0.5, 0.6) is 0 Å². The van der Waals surface area contributed by atoms with Gasteiger partial charge in [-0.25, -0.2) is 0 Å². The van der Waals surface area contributed by atoms with Gasteiger partial charge in [-0.2, -0.15) is 4.98 Å². The predicted octanol–water partition coefficient (Wildman–Crippen LogP) is 3.67. The fourth-order valence-electron chi connectivity index (χ4n) is 3.28. The number of rotatable bonds is 5. The first-order valence-electron chi connectivity index (χ1n) is 7.95. The zero-order valence-electron chi connectivity index (χ0n) is 13.4. The van der Waals surface area contributed by atoms with E-state index in [-0.39, 0.29) is 11.5 Å². The van der Waals surface area contributed by atoms with Crippen LogP contribution in [0.2, 0.25) is 0 Å². The van der Waals surface area contributed by atoms with Crippen LogP contribution in [-0.2, 0) is 6.42 Å². The quantitative estimate of drug-likeness (QED) is 0.893. The van der Waals surface area contributed by atoms with Gasteiger partial charge in [-0.05, 0) is 37.0 Å². The molecule has 2 N–H and O–H groups in total. The number of aromatic nitrogens is 2. The van der Waals surface area contributed by atoms with Crippen molar-refractivity contribution in [1.29, 1.82) is 0 Å². The highest BCUT2D eigenvalue weighted by Gasteiger charge is 2.28. The largest absolute Gasteiger partial charge is 0.339 e. The smallest absolute Gasteiger partial charge is 0.228 e. The molecule has 0 amide bonds. The summed E-state index contributed by atoms with van der Waals surface area (Å²) < 4.78 is 5.39. The molecule has 1 aliphatic carbocycles. The molecule has 1 saturated carbocycles. The lowest BCUT2D eigenvalue weighted by Crippen LogP contribution is -2.28. The third-order valence-corrected chi connectivity index (χ3v) is 4.28. The monoisotopic (exact) mass is 279 g/mol. The van der Waals surface area contributed by atoms with E-state index in [4.69, 9.17) is 10.3 Å². The van der Waals surface area contributed by atoms with Crippen molar-refractivity contribution >= 4 is 0 Å². The molecule has 0 radical (unpaired) electrons. The Bertz CT molecular complexity index is 422. The molecule has 1 aliphatic rings. The molecule has 2 rings (SSSR count). The van der Waals surface area contributed by atoms with Gasteiger partial charge in [0.05, 0.1) is 0 Å². The highest BCUT2D eigenvalue weighted by molar-refractivity contribution is 5.00. The van der Waals surface area contributed by atoms with Gasteiger partial charge in [0.25, 0.3) is 0 Å². The summed E-state index contributed by atoms with van der Waals surface area (Å²) in [6.07, 6.45) is 6.63. The molecule has 1 fully saturated rings. The Morgan fingerprint density at radius 3 is 2.70 bits per heavy atom. The van der Waals surface area contributed by atoms with E-state index in [1.807, 2.05) is 0 Å². The van der Waals surface area contributed by atoms with E-state index in [9.17, 15) is 0 Å². The van der Waals surface area contributed by atoms with Gasteiger partial charge in [-0.3, -0.25) is 0 Å². The SMILES string of the molecule is CCC1CCC(c2noc(CC(N)CC(C)(C)C)n2)C1. The molecule has 0 spiro atoms. The van der Waals surface area contributed by atoms with Crippen LogP contribution in [0.25, 0.3) is 0 Å². The second-order valence-corrected chi connectivity index (χ2v) is 7.56. The minimum absolute atomic E-state index is 0.0928. The van der Waals surface area contributed by atoms with Gasteiger partial charge in [0, 0.05) is 18.4 Å². The number of nitrogens with two attached hydrogens (primary N) is 1. The summed E-state index contributed by atoms with van der Waals surface area (Å²) in [5.41, 5.74) is 6.41. The molecule has 4 nitrogen and oxygen atoms in total. The van der Waals surface area contributed by atoms with Crippen molar-refractivity contribution in [3.05, 3.63) is 11.7 Å². The Morgan fingerprint density at radius 1 is 1.35 bits per heavy atom. The maximum Gasteiger partial charge on any atom is 0.228 e. The first kappa shape index (κ1) is 15.5. The van der Waals surface area contributed by atoms with E-state index in [1.54, 1.807) is 0 Å². The molecule has 1 aromatic rings. The molecule has 0 bridgehead atoms. The molecule has 0 aromatic carbocycles. The Kier molecular flexibility index (Phi) is 4.84. The summed E-state index contributed by atoms with van der Waals surface area (Å²) in [6.45, 7) is 8.88. The van der Waals surface area contributed by atoms with Crippen molar-refractivity contribution in [2.75, 3.05) is 0 Å². The van der Waals surface area contributed by atoms with E-state index < -0.39 is 0 Å². The average molecular weight is 279 g/mol. The molecule has 1 heterocycles. The van der Waals surface area contributed by atoms with Crippen molar-refractivity contribution in [3.63, 3.8) is 0 Å². The summed E-state index contributed by atoms with van der Waals surface area (Å²) >= 11 is 0. The summed E-state index contributed by atoms with van der Waals surface area (Å²) in [5, 5.41) is 4.17. The van der Waals surface area contributed by atoms with Crippen molar-refractivity contribution in [2.45, 2.75) is 78.2 Å². The molecule has 4 heteroatoms. The van der Waals surface area contributed by atoms with Crippen molar-refractivity contribution in [3.8, 4) is 0 Å². The third-order valence-electron chi connectivity index (χ3n) is 4.28. The van der Waals surface area contributed by atoms with Crippen LogP contribution in [0.1, 0.15) is 77.4 Å². The van der Waals surface area contributed by atoms with Crippen LogP contribution in [0, 0.1) is 11.3 Å². The molecular weight excluding hydrogens is 250 g/mol.